The number of nitrogens with one attached hydrogen (secondary N) is 2. The Bertz CT molecular complexity index is 997. The van der Waals surface area contributed by atoms with Crippen LogP contribution in [-0.2, 0) is 20.8 Å². The van der Waals surface area contributed by atoms with Crippen molar-refractivity contribution in [1.82, 2.24) is 10.2 Å². The quantitative estimate of drug-likeness (QED) is 0.634. The van der Waals surface area contributed by atoms with Gasteiger partial charge in [0.1, 0.15) is 17.9 Å². The molecule has 7 nitrogen and oxygen atoms in total. The van der Waals surface area contributed by atoms with Crippen LogP contribution in [0.5, 0.6) is 5.75 Å². The van der Waals surface area contributed by atoms with Crippen molar-refractivity contribution in [2.45, 2.75) is 57.6 Å². The van der Waals surface area contributed by atoms with Crippen molar-refractivity contribution >= 4 is 23.4 Å². The second-order valence-corrected chi connectivity index (χ2v) is 8.86. The molecular weight excluding hydrogens is 418 g/mol. The van der Waals surface area contributed by atoms with Crippen LogP contribution in [0.4, 0.5) is 5.69 Å². The van der Waals surface area contributed by atoms with Gasteiger partial charge in [-0.3, -0.25) is 19.7 Å². The average Bonchev–Trinajstić information content (AvgIpc) is 2.81. The maximum Gasteiger partial charge on any atom is 0.249 e. The van der Waals surface area contributed by atoms with Gasteiger partial charge >= 0.3 is 0 Å². The fourth-order valence-corrected chi connectivity index (χ4v) is 4.31. The molecule has 2 aliphatic rings. The Labute approximate surface area is 194 Å². The van der Waals surface area contributed by atoms with Gasteiger partial charge in [0.05, 0.1) is 0 Å². The van der Waals surface area contributed by atoms with Crippen LogP contribution in [0.25, 0.3) is 0 Å². The molecule has 1 atom stereocenters. The van der Waals surface area contributed by atoms with Gasteiger partial charge in [-0.25, -0.2) is 0 Å². The molecule has 7 heteroatoms. The topological polar surface area (TPSA) is 87.7 Å². The predicted octanol–water partition coefficient (Wildman–Crippen LogP) is 3.21. The number of hydrogen-bond acceptors (Lipinski definition) is 5. The zero-order chi connectivity index (χ0) is 23.2. The molecule has 2 aromatic carbocycles. The summed E-state index contributed by atoms with van der Waals surface area (Å²) in [7, 11) is 0. The van der Waals surface area contributed by atoms with E-state index in [1.165, 1.54) is 5.56 Å². The molecular formula is C26H31N3O4. The summed E-state index contributed by atoms with van der Waals surface area (Å²) in [6, 6.07) is 15.5. The number of ether oxygens (including phenoxy) is 1. The molecule has 0 saturated carbocycles. The van der Waals surface area contributed by atoms with Gasteiger partial charge < -0.3 is 15.0 Å². The van der Waals surface area contributed by atoms with Gasteiger partial charge in [-0.05, 0) is 55.2 Å². The summed E-state index contributed by atoms with van der Waals surface area (Å²) in [5, 5.41) is 5.52. The van der Waals surface area contributed by atoms with Crippen LogP contribution in [0.1, 0.15) is 43.2 Å². The van der Waals surface area contributed by atoms with E-state index in [4.69, 9.17) is 4.74 Å². The summed E-state index contributed by atoms with van der Waals surface area (Å²) in [5.74, 6) is 0.570. The maximum absolute atomic E-state index is 12.7. The first-order valence-electron chi connectivity index (χ1n) is 11.7. The number of nitrogens with zero attached hydrogens (tertiary/aromatic N) is 1. The Morgan fingerprint density at radius 1 is 1.09 bits per heavy atom. The van der Waals surface area contributed by atoms with Gasteiger partial charge in [0.15, 0.2) is 0 Å². The first-order valence-corrected chi connectivity index (χ1v) is 11.7. The van der Waals surface area contributed by atoms with E-state index in [2.05, 4.69) is 23.6 Å². The molecule has 0 spiro atoms. The van der Waals surface area contributed by atoms with Gasteiger partial charge in [-0.15, -0.1) is 0 Å². The highest BCUT2D eigenvalue weighted by Gasteiger charge is 2.26. The minimum absolute atomic E-state index is 0.153. The molecule has 174 valence electrons. The molecule has 2 aromatic rings. The number of carbonyl (C=O) groups is 3. The highest BCUT2D eigenvalue weighted by Crippen LogP contribution is 2.21. The minimum atomic E-state index is -0.395. The SMILES string of the molecule is Cc1cccc(OC2CCN(C(=O)CCc3ccc(NC4CCC(=O)NC4=O)cc3)CC2)c1. The van der Waals surface area contributed by atoms with E-state index in [-0.39, 0.29) is 23.8 Å². The van der Waals surface area contributed by atoms with Crippen LogP contribution in [0.2, 0.25) is 0 Å². The van der Waals surface area contributed by atoms with Crippen LogP contribution in [0, 0.1) is 6.92 Å². The lowest BCUT2D eigenvalue weighted by Crippen LogP contribution is -2.47. The van der Waals surface area contributed by atoms with E-state index in [1.807, 2.05) is 47.4 Å². The normalized spacial score (nSPS) is 19.2. The third-order valence-electron chi connectivity index (χ3n) is 6.25. The number of benzene rings is 2. The van der Waals surface area contributed by atoms with E-state index >= 15 is 0 Å². The second-order valence-electron chi connectivity index (χ2n) is 8.86. The summed E-state index contributed by atoms with van der Waals surface area (Å²) < 4.78 is 6.09. The molecule has 3 amide bonds. The molecule has 2 N–H and O–H groups in total. The molecule has 2 saturated heterocycles. The van der Waals surface area contributed by atoms with Crippen LogP contribution < -0.4 is 15.4 Å². The zero-order valence-electron chi connectivity index (χ0n) is 19.0. The molecule has 2 heterocycles. The Morgan fingerprint density at radius 3 is 2.55 bits per heavy atom. The van der Waals surface area contributed by atoms with Crippen molar-refractivity contribution in [1.29, 1.82) is 0 Å². The number of hydrogen-bond donors (Lipinski definition) is 2. The molecule has 2 aliphatic heterocycles. The maximum atomic E-state index is 12.7. The summed E-state index contributed by atoms with van der Waals surface area (Å²) in [5.41, 5.74) is 3.09. The van der Waals surface area contributed by atoms with Crippen LogP contribution >= 0.6 is 0 Å². The summed E-state index contributed by atoms with van der Waals surface area (Å²) in [6.07, 6.45) is 3.84. The van der Waals surface area contributed by atoms with Crippen molar-refractivity contribution in [2.24, 2.45) is 0 Å². The Balaban J connectivity index is 1.19. The number of likely N-dealkylation sites (tertiary alicyclic amines) is 1. The summed E-state index contributed by atoms with van der Waals surface area (Å²) in [4.78, 5) is 37.8. The van der Waals surface area contributed by atoms with Gasteiger partial charge in [0, 0.05) is 44.5 Å². The van der Waals surface area contributed by atoms with Crippen LogP contribution in [0.15, 0.2) is 48.5 Å². The lowest BCUT2D eigenvalue weighted by Gasteiger charge is -2.32. The second kappa shape index (κ2) is 10.5. The van der Waals surface area contributed by atoms with E-state index in [9.17, 15) is 14.4 Å². The van der Waals surface area contributed by atoms with E-state index in [0.717, 1.165) is 42.9 Å². The number of anilines is 1. The van der Waals surface area contributed by atoms with Crippen molar-refractivity contribution in [3.05, 3.63) is 59.7 Å². The lowest BCUT2D eigenvalue weighted by atomic mass is 10.0. The van der Waals surface area contributed by atoms with Gasteiger partial charge in [0.25, 0.3) is 0 Å². The van der Waals surface area contributed by atoms with Crippen molar-refractivity contribution in [2.75, 3.05) is 18.4 Å². The monoisotopic (exact) mass is 449 g/mol. The van der Waals surface area contributed by atoms with Crippen molar-refractivity contribution in [3.63, 3.8) is 0 Å². The van der Waals surface area contributed by atoms with Gasteiger partial charge in [0.2, 0.25) is 17.7 Å². The molecule has 0 bridgehead atoms. The number of amides is 3. The smallest absolute Gasteiger partial charge is 0.249 e. The molecule has 0 aromatic heterocycles. The number of rotatable bonds is 7. The molecule has 33 heavy (non-hydrogen) atoms. The van der Waals surface area contributed by atoms with E-state index in [0.29, 0.717) is 25.7 Å². The number of aryl methyl sites for hydroxylation is 2. The Kier molecular flexibility index (Phi) is 7.27. The average molecular weight is 450 g/mol. The molecule has 0 aliphatic carbocycles. The number of imide groups is 1. The van der Waals surface area contributed by atoms with E-state index in [1.54, 1.807) is 0 Å². The van der Waals surface area contributed by atoms with Gasteiger partial charge in [-0.1, -0.05) is 24.3 Å². The van der Waals surface area contributed by atoms with Crippen LogP contribution in [-0.4, -0.2) is 47.9 Å². The summed E-state index contributed by atoms with van der Waals surface area (Å²) in [6.45, 7) is 3.50. The van der Waals surface area contributed by atoms with Gasteiger partial charge in [-0.2, -0.15) is 0 Å². The third kappa shape index (κ3) is 6.34. The predicted molar refractivity (Wildman–Crippen MR) is 126 cm³/mol. The number of piperidine rings is 2. The van der Waals surface area contributed by atoms with E-state index < -0.39 is 6.04 Å². The zero-order valence-corrected chi connectivity index (χ0v) is 19.0. The molecule has 0 radical (unpaired) electrons. The van der Waals surface area contributed by atoms with Crippen molar-refractivity contribution in [3.8, 4) is 5.75 Å². The first-order chi connectivity index (χ1) is 16.0. The minimum Gasteiger partial charge on any atom is -0.490 e. The standard InChI is InChI=1S/C26H31N3O4/c1-18-3-2-4-22(17-18)33-21-13-15-29(16-14-21)25(31)12-7-19-5-8-20(9-6-19)27-23-10-11-24(30)28-26(23)32/h2-6,8-9,17,21,23,27H,7,10-16H2,1H3,(H,28,30,32). The largest absolute Gasteiger partial charge is 0.490 e. The fraction of sp³-hybridized carbons (Fsp3) is 0.423. The molecule has 4 rings (SSSR count). The Hall–Kier alpha value is -3.35. The lowest BCUT2D eigenvalue weighted by molar-refractivity contribution is -0.134. The van der Waals surface area contributed by atoms with Crippen LogP contribution in [0.3, 0.4) is 0 Å². The highest BCUT2D eigenvalue weighted by molar-refractivity contribution is 6.01. The first kappa shape index (κ1) is 22.8. The molecule has 2 fully saturated rings. The molecule has 1 unspecified atom stereocenters. The fourth-order valence-electron chi connectivity index (χ4n) is 4.31. The number of carbonyl (C=O) groups excluding carboxylic acids is 3. The Morgan fingerprint density at radius 2 is 1.85 bits per heavy atom. The highest BCUT2D eigenvalue weighted by atomic mass is 16.5. The third-order valence-corrected chi connectivity index (χ3v) is 6.25. The summed E-state index contributed by atoms with van der Waals surface area (Å²) >= 11 is 0. The van der Waals surface area contributed by atoms with Crippen molar-refractivity contribution < 1.29 is 19.1 Å².